The normalized spacial score (nSPS) is 20.8. The van der Waals surface area contributed by atoms with Gasteiger partial charge < -0.3 is 24.6 Å². The van der Waals surface area contributed by atoms with E-state index in [1.54, 1.807) is 11.0 Å². The predicted molar refractivity (Wildman–Crippen MR) is 138 cm³/mol. The van der Waals surface area contributed by atoms with Crippen molar-refractivity contribution in [1.82, 2.24) is 30.2 Å². The number of carbonyl (C=O) groups excluding carboxylic acids is 2. The van der Waals surface area contributed by atoms with E-state index in [1.165, 1.54) is 30.5 Å². The molecule has 0 radical (unpaired) electrons. The summed E-state index contributed by atoms with van der Waals surface area (Å²) < 4.78 is 25.8. The van der Waals surface area contributed by atoms with Gasteiger partial charge in [-0.25, -0.2) is 28.9 Å². The van der Waals surface area contributed by atoms with Gasteiger partial charge in [0.1, 0.15) is 17.6 Å². The van der Waals surface area contributed by atoms with Crippen LogP contribution in [0.3, 0.4) is 0 Å². The van der Waals surface area contributed by atoms with Gasteiger partial charge in [0.25, 0.3) is 0 Å². The fraction of sp³-hybridized carbons (Fsp3) is 0.583. The number of piperidine rings is 2. The summed E-state index contributed by atoms with van der Waals surface area (Å²) in [6.45, 7) is 6.28. The molecule has 38 heavy (non-hydrogen) atoms. The van der Waals surface area contributed by atoms with E-state index in [2.05, 4.69) is 35.9 Å². The smallest absolute Gasteiger partial charge is 0.413 e. The predicted octanol–water partition coefficient (Wildman–Crippen LogP) is 2.44. The molecule has 2 fully saturated rings. The second kappa shape index (κ2) is 12.2. The van der Waals surface area contributed by atoms with Crippen molar-refractivity contribution in [1.29, 1.82) is 0 Å². The van der Waals surface area contributed by atoms with Crippen LogP contribution in [0.25, 0.3) is 0 Å². The number of aromatic nitrogens is 4. The first-order chi connectivity index (χ1) is 18.3. The van der Waals surface area contributed by atoms with E-state index in [1.807, 2.05) is 13.8 Å². The first-order valence-electron chi connectivity index (χ1n) is 12.7. The molecule has 2 saturated heterocycles. The van der Waals surface area contributed by atoms with E-state index in [0.717, 1.165) is 25.9 Å². The van der Waals surface area contributed by atoms with Gasteiger partial charge in [0.15, 0.2) is 5.82 Å². The van der Waals surface area contributed by atoms with E-state index in [-0.39, 0.29) is 24.6 Å². The summed E-state index contributed by atoms with van der Waals surface area (Å²) in [6.07, 6.45) is 4.09. The van der Waals surface area contributed by atoms with Crippen molar-refractivity contribution in [3.8, 4) is 5.88 Å². The molecule has 206 valence electrons. The zero-order valence-corrected chi connectivity index (χ0v) is 21.8. The number of urea groups is 1. The Morgan fingerprint density at radius 1 is 1.21 bits per heavy atom. The van der Waals surface area contributed by atoms with Crippen LogP contribution < -0.4 is 25.6 Å². The first kappa shape index (κ1) is 27.2. The summed E-state index contributed by atoms with van der Waals surface area (Å²) in [5, 5.41) is 8.53. The Hall–Kier alpha value is -3.81. The van der Waals surface area contributed by atoms with Crippen molar-refractivity contribution in [2.45, 2.75) is 50.9 Å². The molecule has 3 N–H and O–H groups in total. The van der Waals surface area contributed by atoms with Gasteiger partial charge in [0.05, 0.1) is 25.0 Å². The van der Waals surface area contributed by atoms with Gasteiger partial charge in [-0.2, -0.15) is 4.98 Å². The molecule has 0 aliphatic carbocycles. The molecule has 4 rings (SSSR count). The van der Waals surface area contributed by atoms with Gasteiger partial charge in [-0.15, -0.1) is 0 Å². The number of carbonyl (C=O) groups is 2. The van der Waals surface area contributed by atoms with E-state index >= 15 is 0 Å². The number of likely N-dealkylation sites (N-methyl/N-ethyl adjacent to an activating group) is 1. The lowest BCUT2D eigenvalue weighted by molar-refractivity contribution is 0.0108. The fourth-order valence-electron chi connectivity index (χ4n) is 4.38. The second-order valence-corrected chi connectivity index (χ2v) is 9.49. The molecule has 0 spiro atoms. The number of rotatable bonds is 7. The van der Waals surface area contributed by atoms with Crippen LogP contribution in [0.1, 0.15) is 33.1 Å². The van der Waals surface area contributed by atoms with Gasteiger partial charge >= 0.3 is 12.1 Å². The number of hydrogen-bond acceptors (Lipinski definition) is 10. The SMILES string of the molecule is CCOc1cnc(NC(=O)N(C)[C@H]2CN(c3nccc(NC(=O)OC4(C)CCNCC4)n3)CC[C@H]2F)cn1. The molecule has 2 aliphatic heterocycles. The van der Waals surface area contributed by atoms with Crippen LogP contribution in [-0.4, -0.2) is 94.6 Å². The van der Waals surface area contributed by atoms with Gasteiger partial charge in [-0.3, -0.25) is 10.6 Å². The third-order valence-electron chi connectivity index (χ3n) is 6.63. The monoisotopic (exact) mass is 531 g/mol. The molecule has 2 atom stereocenters. The average molecular weight is 532 g/mol. The van der Waals surface area contributed by atoms with Crippen LogP contribution in [0.4, 0.5) is 31.6 Å². The average Bonchev–Trinajstić information content (AvgIpc) is 2.90. The minimum atomic E-state index is -1.24. The minimum absolute atomic E-state index is 0.166. The summed E-state index contributed by atoms with van der Waals surface area (Å²) in [5.41, 5.74) is -0.538. The van der Waals surface area contributed by atoms with Crippen molar-refractivity contribution < 1.29 is 23.5 Å². The molecule has 0 bridgehead atoms. The number of hydrogen-bond donors (Lipinski definition) is 3. The van der Waals surface area contributed by atoms with Crippen LogP contribution in [0.5, 0.6) is 5.88 Å². The van der Waals surface area contributed by atoms with Gasteiger partial charge in [-0.05, 0) is 52.3 Å². The third kappa shape index (κ3) is 6.94. The standard InChI is InChI=1S/C24H34FN9O4/c1-4-37-20-14-28-19(13-29-20)31-22(35)33(3)17-15-34(12-6-16(17)25)21-27-9-5-18(30-21)32-23(36)38-24(2)7-10-26-11-8-24/h5,9,13-14,16-17,26H,4,6-8,10-12,15H2,1-3H3,(H,28,31,35)(H,27,30,32,36)/t16-,17+/m1/s1. The molecule has 3 amide bonds. The molecular formula is C24H34FN9O4. The van der Waals surface area contributed by atoms with Crippen LogP contribution in [0.2, 0.25) is 0 Å². The van der Waals surface area contributed by atoms with Crippen LogP contribution in [0.15, 0.2) is 24.7 Å². The van der Waals surface area contributed by atoms with Crippen molar-refractivity contribution in [3.05, 3.63) is 24.7 Å². The Bertz CT molecular complexity index is 1100. The highest BCUT2D eigenvalue weighted by Gasteiger charge is 2.36. The highest BCUT2D eigenvalue weighted by molar-refractivity contribution is 5.88. The summed E-state index contributed by atoms with van der Waals surface area (Å²) in [4.78, 5) is 45.3. The minimum Gasteiger partial charge on any atom is -0.477 e. The van der Waals surface area contributed by atoms with Crippen LogP contribution in [0, 0.1) is 0 Å². The van der Waals surface area contributed by atoms with Crippen LogP contribution in [-0.2, 0) is 4.74 Å². The number of halogens is 1. The van der Waals surface area contributed by atoms with Crippen molar-refractivity contribution in [3.63, 3.8) is 0 Å². The lowest BCUT2D eigenvalue weighted by atomic mass is 9.95. The lowest BCUT2D eigenvalue weighted by Gasteiger charge is -2.39. The zero-order chi connectivity index (χ0) is 27.1. The Balaban J connectivity index is 1.36. The maximum Gasteiger partial charge on any atom is 0.413 e. The number of ether oxygens (including phenoxy) is 2. The fourth-order valence-corrected chi connectivity index (χ4v) is 4.38. The van der Waals surface area contributed by atoms with Crippen molar-refractivity contribution >= 4 is 29.7 Å². The quantitative estimate of drug-likeness (QED) is 0.487. The third-order valence-corrected chi connectivity index (χ3v) is 6.63. The Morgan fingerprint density at radius 3 is 2.71 bits per heavy atom. The number of nitrogens with one attached hydrogen (secondary N) is 3. The highest BCUT2D eigenvalue weighted by atomic mass is 19.1. The van der Waals surface area contributed by atoms with Crippen molar-refractivity contribution in [2.75, 3.05) is 55.4 Å². The Kier molecular flexibility index (Phi) is 8.71. The number of alkyl halides is 1. The second-order valence-electron chi connectivity index (χ2n) is 9.49. The molecule has 14 heteroatoms. The Labute approximate surface area is 220 Å². The van der Waals surface area contributed by atoms with Gasteiger partial charge in [0, 0.05) is 26.3 Å². The van der Waals surface area contributed by atoms with Gasteiger partial charge in [0.2, 0.25) is 11.8 Å². The largest absolute Gasteiger partial charge is 0.477 e. The maximum atomic E-state index is 14.9. The summed E-state index contributed by atoms with van der Waals surface area (Å²) in [6, 6.07) is 0.277. The van der Waals surface area contributed by atoms with E-state index in [9.17, 15) is 14.0 Å². The molecule has 2 aliphatic rings. The van der Waals surface area contributed by atoms with Gasteiger partial charge in [-0.1, -0.05) is 0 Å². The maximum absolute atomic E-state index is 14.9. The highest BCUT2D eigenvalue weighted by Crippen LogP contribution is 2.25. The van der Waals surface area contributed by atoms with E-state index in [4.69, 9.17) is 9.47 Å². The van der Waals surface area contributed by atoms with Crippen molar-refractivity contribution in [2.24, 2.45) is 0 Å². The summed E-state index contributed by atoms with van der Waals surface area (Å²) in [5.74, 6) is 1.16. The lowest BCUT2D eigenvalue weighted by Crippen LogP contribution is -2.55. The molecule has 0 aromatic carbocycles. The number of amides is 3. The summed E-state index contributed by atoms with van der Waals surface area (Å²) >= 11 is 0. The first-order valence-corrected chi connectivity index (χ1v) is 12.7. The molecular weight excluding hydrogens is 497 g/mol. The molecule has 2 aromatic heterocycles. The number of anilines is 3. The molecule has 13 nitrogen and oxygen atoms in total. The summed E-state index contributed by atoms with van der Waals surface area (Å²) in [7, 11) is 1.52. The number of nitrogens with zero attached hydrogens (tertiary/aromatic N) is 6. The molecule has 4 heterocycles. The van der Waals surface area contributed by atoms with E-state index < -0.39 is 29.9 Å². The zero-order valence-electron chi connectivity index (χ0n) is 21.8. The van der Waals surface area contributed by atoms with E-state index in [0.29, 0.717) is 25.0 Å². The molecule has 2 aromatic rings. The Morgan fingerprint density at radius 2 is 2.00 bits per heavy atom. The topological polar surface area (TPSA) is 147 Å². The molecule has 0 saturated carbocycles. The molecule has 0 unspecified atom stereocenters. The van der Waals surface area contributed by atoms with Crippen LogP contribution >= 0.6 is 0 Å².